The third-order valence-corrected chi connectivity index (χ3v) is 2.89. The summed E-state index contributed by atoms with van der Waals surface area (Å²) >= 11 is 0. The normalized spacial score (nSPS) is 9.73. The molecule has 3 heterocycles. The Hall–Kier alpha value is -3.64. The molecule has 0 saturated carbocycles. The topological polar surface area (TPSA) is 99.1 Å². The summed E-state index contributed by atoms with van der Waals surface area (Å²) in [6.07, 6.45) is 3.14. The number of hydrogen-bond donors (Lipinski definition) is 0. The molecule has 0 atom stereocenters. The van der Waals surface area contributed by atoms with Gasteiger partial charge in [0.25, 0.3) is 0 Å². The van der Waals surface area contributed by atoms with Crippen molar-refractivity contribution in [3.8, 4) is 34.9 Å². The summed E-state index contributed by atoms with van der Waals surface area (Å²) in [6.45, 7) is 0. The van der Waals surface area contributed by atoms with E-state index in [1.54, 1.807) is 48.8 Å². The first kappa shape index (κ1) is 13.3. The van der Waals surface area contributed by atoms with Gasteiger partial charge >= 0.3 is 0 Å². The third kappa shape index (κ3) is 2.62. The molecular formula is C16H8N6. The molecule has 0 unspecified atom stereocenters. The second kappa shape index (κ2) is 5.78. The maximum atomic E-state index is 8.91. The van der Waals surface area contributed by atoms with E-state index >= 15 is 0 Å². The molecule has 0 aliphatic carbocycles. The van der Waals surface area contributed by atoms with Gasteiger partial charge < -0.3 is 0 Å². The van der Waals surface area contributed by atoms with Gasteiger partial charge in [0.05, 0.1) is 23.8 Å². The molecule has 0 aromatic carbocycles. The molecule has 0 aliphatic rings. The van der Waals surface area contributed by atoms with Crippen molar-refractivity contribution in [1.29, 1.82) is 10.5 Å². The van der Waals surface area contributed by atoms with E-state index in [-0.39, 0.29) is 0 Å². The molecule has 3 aromatic rings. The summed E-state index contributed by atoms with van der Waals surface area (Å²) < 4.78 is 0. The quantitative estimate of drug-likeness (QED) is 0.716. The molecule has 3 rings (SSSR count). The molecule has 3 aromatic heterocycles. The second-order valence-corrected chi connectivity index (χ2v) is 4.33. The van der Waals surface area contributed by atoms with Crippen LogP contribution in [0.2, 0.25) is 0 Å². The van der Waals surface area contributed by atoms with Crippen molar-refractivity contribution < 1.29 is 0 Å². The van der Waals surface area contributed by atoms with Crippen molar-refractivity contribution in [2.45, 2.75) is 0 Å². The Morgan fingerprint density at radius 3 is 1.59 bits per heavy atom. The van der Waals surface area contributed by atoms with Crippen LogP contribution in [0.5, 0.6) is 0 Å². The van der Waals surface area contributed by atoms with Gasteiger partial charge in [0.2, 0.25) is 0 Å². The molecule has 0 N–H and O–H groups in total. The van der Waals surface area contributed by atoms with Crippen molar-refractivity contribution in [2.75, 3.05) is 0 Å². The lowest BCUT2D eigenvalue weighted by atomic mass is 10.2. The lowest BCUT2D eigenvalue weighted by Crippen LogP contribution is -1.95. The molecule has 6 heteroatoms. The Morgan fingerprint density at radius 1 is 0.636 bits per heavy atom. The van der Waals surface area contributed by atoms with Crippen LogP contribution in [0.15, 0.2) is 48.8 Å². The first-order valence-electron chi connectivity index (χ1n) is 6.37. The van der Waals surface area contributed by atoms with E-state index in [9.17, 15) is 0 Å². The van der Waals surface area contributed by atoms with Crippen molar-refractivity contribution in [3.63, 3.8) is 0 Å². The summed E-state index contributed by atoms with van der Waals surface area (Å²) in [5.74, 6) is 0. The van der Waals surface area contributed by atoms with E-state index in [2.05, 4.69) is 19.9 Å². The molecular weight excluding hydrogens is 276 g/mol. The van der Waals surface area contributed by atoms with Gasteiger partial charge in [-0.2, -0.15) is 10.5 Å². The molecule has 6 nitrogen and oxygen atoms in total. The van der Waals surface area contributed by atoms with Gasteiger partial charge in [-0.15, -0.1) is 0 Å². The average Bonchev–Trinajstić information content (AvgIpc) is 2.62. The summed E-state index contributed by atoms with van der Waals surface area (Å²) in [6, 6.07) is 14.2. The van der Waals surface area contributed by atoms with Crippen LogP contribution in [0.3, 0.4) is 0 Å². The van der Waals surface area contributed by atoms with Crippen molar-refractivity contribution >= 4 is 0 Å². The predicted molar refractivity (Wildman–Crippen MR) is 77.9 cm³/mol. The fraction of sp³-hybridized carbons (Fsp3) is 0. The number of aromatic nitrogens is 4. The average molecular weight is 284 g/mol. The molecule has 0 fully saturated rings. The Kier molecular flexibility index (Phi) is 3.51. The number of nitriles is 2. The van der Waals surface area contributed by atoms with Crippen LogP contribution in [0.1, 0.15) is 11.4 Å². The Bertz CT molecular complexity index is 847. The highest BCUT2D eigenvalue weighted by Gasteiger charge is 2.07. The SMILES string of the molecule is N#Cc1cccc(-c2cncc(-c3cccc(C#N)n3)n2)n1. The zero-order chi connectivity index (χ0) is 15.4. The molecule has 0 bridgehead atoms. The fourth-order valence-electron chi connectivity index (χ4n) is 1.89. The third-order valence-electron chi connectivity index (χ3n) is 2.89. The zero-order valence-electron chi connectivity index (χ0n) is 11.3. The lowest BCUT2D eigenvalue weighted by Gasteiger charge is -2.03. The van der Waals surface area contributed by atoms with Crippen LogP contribution < -0.4 is 0 Å². The monoisotopic (exact) mass is 284 g/mol. The Balaban J connectivity index is 2.06. The van der Waals surface area contributed by atoms with Crippen molar-refractivity contribution in [1.82, 2.24) is 19.9 Å². The summed E-state index contributed by atoms with van der Waals surface area (Å²) in [7, 11) is 0. The van der Waals surface area contributed by atoms with Gasteiger partial charge in [-0.25, -0.2) is 15.0 Å². The summed E-state index contributed by atoms with van der Waals surface area (Å²) in [5.41, 5.74) is 2.83. The minimum atomic E-state index is 0.314. The predicted octanol–water partition coefficient (Wildman–Crippen LogP) is 2.34. The number of nitrogens with zero attached hydrogens (tertiary/aromatic N) is 6. The zero-order valence-corrected chi connectivity index (χ0v) is 11.3. The van der Waals surface area contributed by atoms with Crippen LogP contribution in [-0.4, -0.2) is 19.9 Å². The van der Waals surface area contributed by atoms with Crippen LogP contribution in [0.25, 0.3) is 22.8 Å². The number of hydrogen-bond acceptors (Lipinski definition) is 6. The fourth-order valence-corrected chi connectivity index (χ4v) is 1.89. The standard InChI is InChI=1S/C16H8N6/c17-7-11-3-1-5-13(20-11)15-9-19-10-16(22-15)14-6-2-4-12(8-18)21-14/h1-6,9-10H. The largest absolute Gasteiger partial charge is 0.260 e. The van der Waals surface area contributed by atoms with Crippen LogP contribution in [-0.2, 0) is 0 Å². The minimum Gasteiger partial charge on any atom is -0.260 e. The van der Waals surface area contributed by atoms with E-state index in [1.165, 1.54) is 0 Å². The van der Waals surface area contributed by atoms with Gasteiger partial charge in [0, 0.05) is 0 Å². The van der Waals surface area contributed by atoms with E-state index in [0.29, 0.717) is 34.2 Å². The molecule has 22 heavy (non-hydrogen) atoms. The maximum absolute atomic E-state index is 8.91. The van der Waals surface area contributed by atoms with Crippen molar-refractivity contribution in [2.24, 2.45) is 0 Å². The molecule has 0 saturated heterocycles. The molecule has 102 valence electrons. The smallest absolute Gasteiger partial charge is 0.141 e. The highest BCUT2D eigenvalue weighted by Crippen LogP contribution is 2.19. The second-order valence-electron chi connectivity index (χ2n) is 4.33. The molecule has 0 aliphatic heterocycles. The van der Waals surface area contributed by atoms with E-state index < -0.39 is 0 Å². The maximum Gasteiger partial charge on any atom is 0.141 e. The number of rotatable bonds is 2. The van der Waals surface area contributed by atoms with E-state index in [4.69, 9.17) is 10.5 Å². The summed E-state index contributed by atoms with van der Waals surface area (Å²) in [4.78, 5) is 17.0. The first-order chi connectivity index (χ1) is 10.8. The van der Waals surface area contributed by atoms with Gasteiger partial charge in [-0.1, -0.05) is 12.1 Å². The Morgan fingerprint density at radius 2 is 1.14 bits per heavy atom. The lowest BCUT2D eigenvalue weighted by molar-refractivity contribution is 1.14. The minimum absolute atomic E-state index is 0.314. The first-order valence-corrected chi connectivity index (χ1v) is 6.37. The Labute approximate surface area is 126 Å². The molecule has 0 radical (unpaired) electrons. The van der Waals surface area contributed by atoms with E-state index in [0.717, 1.165) is 0 Å². The van der Waals surface area contributed by atoms with Crippen molar-refractivity contribution in [3.05, 3.63) is 60.2 Å². The van der Waals surface area contributed by atoms with E-state index in [1.807, 2.05) is 12.1 Å². The summed E-state index contributed by atoms with van der Waals surface area (Å²) in [5, 5.41) is 17.8. The van der Waals surface area contributed by atoms with Crippen LogP contribution in [0.4, 0.5) is 0 Å². The van der Waals surface area contributed by atoms with Crippen LogP contribution in [0, 0.1) is 22.7 Å². The highest BCUT2D eigenvalue weighted by atomic mass is 14.9. The van der Waals surface area contributed by atoms with Gasteiger partial charge in [0.1, 0.15) is 34.9 Å². The van der Waals surface area contributed by atoms with Crippen LogP contribution >= 0.6 is 0 Å². The molecule has 0 amide bonds. The van der Waals surface area contributed by atoms with Gasteiger partial charge in [0.15, 0.2) is 0 Å². The highest BCUT2D eigenvalue weighted by molar-refractivity contribution is 5.60. The molecule has 0 spiro atoms. The van der Waals surface area contributed by atoms with Gasteiger partial charge in [-0.3, -0.25) is 4.98 Å². The number of pyridine rings is 2. The van der Waals surface area contributed by atoms with Gasteiger partial charge in [-0.05, 0) is 24.3 Å².